The van der Waals surface area contributed by atoms with Gasteiger partial charge in [0, 0.05) is 37.2 Å². The Labute approximate surface area is 218 Å². The summed E-state index contributed by atoms with van der Waals surface area (Å²) >= 11 is 0. The summed E-state index contributed by atoms with van der Waals surface area (Å²) in [5.41, 5.74) is 0.112. The topological polar surface area (TPSA) is 144 Å². The van der Waals surface area contributed by atoms with Gasteiger partial charge in [0.05, 0.1) is 13.5 Å². The molecule has 0 aromatic heterocycles. The minimum atomic E-state index is -1.28. The number of benzene rings is 4. The van der Waals surface area contributed by atoms with Crippen LogP contribution in [0.4, 0.5) is 0 Å². The first-order valence-electron chi connectivity index (χ1n) is 11.9. The van der Waals surface area contributed by atoms with E-state index in [1.807, 2.05) is 0 Å². The number of methoxy groups -OCH3 is 1. The standard InChI is InChI=1S/C23H16O6.C6H11NO2/c24-20-16(14-7-3-1-5-12(14)9-18(20)22(26)27)11-17-15-8-4-2-6-13(15)10-19(21(17)25)23(28)29;1-9-6(8)2-3-7-4-5-7/h1-10,24-25H,11H2,(H,26,27)(H,28,29);2-5H2,1H3. The first-order chi connectivity index (χ1) is 18.2. The van der Waals surface area contributed by atoms with E-state index in [1.54, 1.807) is 48.5 Å². The molecule has 0 unspecified atom stereocenters. The Hall–Kier alpha value is -4.63. The van der Waals surface area contributed by atoms with Crippen LogP contribution in [0.15, 0.2) is 60.7 Å². The molecule has 196 valence electrons. The molecular formula is C29H27NO8. The average Bonchev–Trinajstić information content (AvgIpc) is 3.74. The van der Waals surface area contributed by atoms with Crippen LogP contribution >= 0.6 is 0 Å². The molecule has 1 fully saturated rings. The largest absolute Gasteiger partial charge is 0.507 e. The minimum absolute atomic E-state index is 0.0407. The number of hydrogen-bond acceptors (Lipinski definition) is 7. The fourth-order valence-electron chi connectivity index (χ4n) is 4.33. The van der Waals surface area contributed by atoms with Gasteiger partial charge in [-0.05, 0) is 33.7 Å². The number of carbonyl (C=O) groups is 3. The van der Waals surface area contributed by atoms with Crippen molar-refractivity contribution in [1.29, 1.82) is 0 Å². The second-order valence-corrected chi connectivity index (χ2v) is 8.90. The summed E-state index contributed by atoms with van der Waals surface area (Å²) in [4.78, 5) is 35.9. The van der Waals surface area contributed by atoms with E-state index in [1.165, 1.54) is 19.2 Å². The van der Waals surface area contributed by atoms with Gasteiger partial charge in [0.15, 0.2) is 0 Å². The third-order valence-electron chi connectivity index (χ3n) is 6.47. The van der Waals surface area contributed by atoms with Gasteiger partial charge in [-0.25, -0.2) is 9.59 Å². The summed E-state index contributed by atoms with van der Waals surface area (Å²) in [6, 6.07) is 16.8. The zero-order valence-corrected chi connectivity index (χ0v) is 20.7. The number of hydrogen-bond donors (Lipinski definition) is 4. The molecule has 0 aliphatic carbocycles. The lowest BCUT2D eigenvalue weighted by molar-refractivity contribution is -0.140. The van der Waals surface area contributed by atoms with Gasteiger partial charge in [-0.3, -0.25) is 4.79 Å². The van der Waals surface area contributed by atoms with E-state index in [2.05, 4.69) is 9.64 Å². The Balaban J connectivity index is 0.000000317. The van der Waals surface area contributed by atoms with Crippen molar-refractivity contribution in [2.24, 2.45) is 0 Å². The maximum absolute atomic E-state index is 11.6. The number of carboxylic acid groups (broad SMARTS) is 2. The third kappa shape index (κ3) is 5.68. The van der Waals surface area contributed by atoms with Crippen molar-refractivity contribution in [2.45, 2.75) is 12.8 Å². The zero-order chi connectivity index (χ0) is 27.4. The van der Waals surface area contributed by atoms with E-state index in [9.17, 15) is 34.8 Å². The van der Waals surface area contributed by atoms with Crippen LogP contribution in [0.2, 0.25) is 0 Å². The molecule has 9 heteroatoms. The van der Waals surface area contributed by atoms with E-state index in [-0.39, 0.29) is 23.5 Å². The summed E-state index contributed by atoms with van der Waals surface area (Å²) in [5.74, 6) is -3.46. The number of nitrogens with zero attached hydrogens (tertiary/aromatic N) is 1. The van der Waals surface area contributed by atoms with Crippen LogP contribution in [0.5, 0.6) is 11.5 Å². The second-order valence-electron chi connectivity index (χ2n) is 8.90. The van der Waals surface area contributed by atoms with Crippen molar-refractivity contribution in [3.8, 4) is 11.5 Å². The van der Waals surface area contributed by atoms with Crippen molar-refractivity contribution in [2.75, 3.05) is 26.7 Å². The number of carboxylic acids is 2. The Kier molecular flexibility index (Phi) is 7.78. The molecule has 0 bridgehead atoms. The van der Waals surface area contributed by atoms with Crippen LogP contribution in [-0.2, 0) is 16.0 Å². The highest BCUT2D eigenvalue weighted by Gasteiger charge is 2.22. The normalized spacial score (nSPS) is 12.6. The monoisotopic (exact) mass is 517 g/mol. The lowest BCUT2D eigenvalue weighted by Crippen LogP contribution is -2.08. The fraction of sp³-hybridized carbons (Fsp3) is 0.207. The predicted molar refractivity (Wildman–Crippen MR) is 141 cm³/mol. The number of phenols is 2. The number of aromatic carboxylic acids is 2. The quantitative estimate of drug-likeness (QED) is 0.209. The van der Waals surface area contributed by atoms with E-state index in [0.29, 0.717) is 39.1 Å². The highest BCUT2D eigenvalue weighted by Crippen LogP contribution is 2.38. The van der Waals surface area contributed by atoms with Crippen molar-refractivity contribution in [3.63, 3.8) is 0 Å². The first kappa shape index (κ1) is 26.4. The van der Waals surface area contributed by atoms with Crippen LogP contribution in [0.25, 0.3) is 21.5 Å². The molecule has 1 saturated heterocycles. The van der Waals surface area contributed by atoms with Crippen LogP contribution < -0.4 is 0 Å². The number of esters is 1. The number of carbonyl (C=O) groups excluding carboxylic acids is 1. The first-order valence-corrected chi connectivity index (χ1v) is 11.9. The molecule has 9 nitrogen and oxygen atoms in total. The highest BCUT2D eigenvalue weighted by atomic mass is 16.5. The van der Waals surface area contributed by atoms with Gasteiger partial charge in [0.1, 0.15) is 22.6 Å². The Morgan fingerprint density at radius 1 is 0.789 bits per heavy atom. The van der Waals surface area contributed by atoms with E-state index in [0.717, 1.165) is 19.6 Å². The van der Waals surface area contributed by atoms with E-state index < -0.39 is 23.4 Å². The van der Waals surface area contributed by atoms with Crippen LogP contribution in [0, 0.1) is 0 Å². The zero-order valence-electron chi connectivity index (χ0n) is 20.7. The summed E-state index contributed by atoms with van der Waals surface area (Å²) in [5, 5.41) is 42.8. The number of ether oxygens (including phenoxy) is 1. The van der Waals surface area contributed by atoms with Gasteiger partial charge in [-0.15, -0.1) is 0 Å². The van der Waals surface area contributed by atoms with E-state index >= 15 is 0 Å². The molecule has 1 heterocycles. The van der Waals surface area contributed by atoms with Gasteiger partial charge in [-0.2, -0.15) is 0 Å². The van der Waals surface area contributed by atoms with E-state index in [4.69, 9.17) is 0 Å². The third-order valence-corrected chi connectivity index (χ3v) is 6.47. The molecule has 0 saturated carbocycles. The number of fused-ring (bicyclic) bond motifs is 2. The van der Waals surface area contributed by atoms with Crippen molar-refractivity contribution in [1.82, 2.24) is 4.90 Å². The summed E-state index contributed by atoms with van der Waals surface area (Å²) in [6.07, 6.45) is 0.497. The average molecular weight is 518 g/mol. The second kappa shape index (κ2) is 11.2. The van der Waals surface area contributed by atoms with Gasteiger partial charge < -0.3 is 30.1 Å². The van der Waals surface area contributed by atoms with Crippen LogP contribution in [0.3, 0.4) is 0 Å². The van der Waals surface area contributed by atoms with Gasteiger partial charge in [0.25, 0.3) is 0 Å². The molecule has 1 aliphatic heterocycles. The SMILES string of the molecule is COC(=O)CCN1CC1.O=C(O)c1cc2ccccc2c(Cc2c(O)c(C(=O)O)cc3ccccc23)c1O. The molecule has 0 atom stereocenters. The predicted octanol–water partition coefficient (Wildman–Crippen LogP) is 4.26. The van der Waals surface area contributed by atoms with Gasteiger partial charge in [0.2, 0.25) is 0 Å². The summed E-state index contributed by atoms with van der Waals surface area (Å²) in [7, 11) is 1.42. The lowest BCUT2D eigenvalue weighted by Gasteiger charge is -2.16. The number of aromatic hydroxyl groups is 2. The molecular weight excluding hydrogens is 490 g/mol. The maximum atomic E-state index is 11.6. The van der Waals surface area contributed by atoms with Gasteiger partial charge in [-0.1, -0.05) is 48.5 Å². The molecule has 1 aliphatic rings. The molecule has 38 heavy (non-hydrogen) atoms. The highest BCUT2D eigenvalue weighted by molar-refractivity contribution is 6.02. The maximum Gasteiger partial charge on any atom is 0.339 e. The Morgan fingerprint density at radius 2 is 1.24 bits per heavy atom. The summed E-state index contributed by atoms with van der Waals surface area (Å²) < 4.78 is 4.46. The summed E-state index contributed by atoms with van der Waals surface area (Å²) in [6.45, 7) is 3.17. The molecule has 4 N–H and O–H groups in total. The Morgan fingerprint density at radius 3 is 1.63 bits per heavy atom. The van der Waals surface area contributed by atoms with Crippen molar-refractivity contribution < 1.29 is 39.5 Å². The Bertz CT molecular complexity index is 1440. The molecule has 0 spiro atoms. The minimum Gasteiger partial charge on any atom is -0.507 e. The van der Waals surface area contributed by atoms with Crippen molar-refractivity contribution >= 4 is 39.5 Å². The molecule has 0 radical (unpaired) electrons. The number of rotatable bonds is 7. The smallest absolute Gasteiger partial charge is 0.339 e. The molecule has 4 aromatic rings. The fourth-order valence-corrected chi connectivity index (χ4v) is 4.33. The van der Waals surface area contributed by atoms with Crippen LogP contribution in [-0.4, -0.2) is 70.0 Å². The molecule has 5 rings (SSSR count). The lowest BCUT2D eigenvalue weighted by atomic mass is 9.90. The molecule has 4 aromatic carbocycles. The van der Waals surface area contributed by atoms with Crippen LogP contribution in [0.1, 0.15) is 38.3 Å². The molecule has 0 amide bonds. The van der Waals surface area contributed by atoms with Gasteiger partial charge >= 0.3 is 17.9 Å². The van der Waals surface area contributed by atoms with Crippen molar-refractivity contribution in [3.05, 3.63) is 82.9 Å².